The SMILES string of the molecule is [CH2]C(C)(C)COC(=O)CCCCCCCCCCCCCCC. The van der Waals surface area contributed by atoms with Crippen LogP contribution in [0.1, 0.15) is 111 Å². The van der Waals surface area contributed by atoms with Crippen molar-refractivity contribution in [3.8, 4) is 0 Å². The summed E-state index contributed by atoms with van der Waals surface area (Å²) in [6.45, 7) is 10.6. The number of unbranched alkanes of at least 4 members (excludes halogenated alkanes) is 12. The lowest BCUT2D eigenvalue weighted by Crippen LogP contribution is -2.18. The molecule has 0 aromatic carbocycles. The molecule has 2 nitrogen and oxygen atoms in total. The molecule has 0 heterocycles. The normalized spacial score (nSPS) is 11.7. The first-order valence-corrected chi connectivity index (χ1v) is 9.96. The minimum atomic E-state index is -0.175. The van der Waals surface area contributed by atoms with E-state index in [0.29, 0.717) is 13.0 Å². The lowest BCUT2D eigenvalue weighted by molar-refractivity contribution is -0.146. The number of ether oxygens (including phenoxy) is 1. The van der Waals surface area contributed by atoms with Crippen molar-refractivity contribution in [3.63, 3.8) is 0 Å². The maximum absolute atomic E-state index is 11.5. The Morgan fingerprint density at radius 2 is 1.17 bits per heavy atom. The molecule has 0 amide bonds. The molecular weight excluding hydrogens is 284 g/mol. The van der Waals surface area contributed by atoms with Gasteiger partial charge in [-0.1, -0.05) is 97.8 Å². The zero-order valence-electron chi connectivity index (χ0n) is 16.1. The van der Waals surface area contributed by atoms with Crippen LogP contribution in [-0.2, 0) is 9.53 Å². The van der Waals surface area contributed by atoms with Crippen molar-refractivity contribution in [2.75, 3.05) is 6.61 Å². The van der Waals surface area contributed by atoms with Crippen LogP contribution in [0.2, 0.25) is 0 Å². The van der Waals surface area contributed by atoms with Crippen LogP contribution < -0.4 is 0 Å². The van der Waals surface area contributed by atoms with Crippen molar-refractivity contribution >= 4 is 5.97 Å². The number of esters is 1. The monoisotopic (exact) mass is 325 g/mol. The van der Waals surface area contributed by atoms with Crippen LogP contribution in [0.5, 0.6) is 0 Å². The van der Waals surface area contributed by atoms with Crippen LogP contribution in [0.25, 0.3) is 0 Å². The fourth-order valence-corrected chi connectivity index (χ4v) is 2.64. The van der Waals surface area contributed by atoms with Crippen LogP contribution in [0.4, 0.5) is 0 Å². The van der Waals surface area contributed by atoms with Crippen molar-refractivity contribution < 1.29 is 9.53 Å². The van der Waals surface area contributed by atoms with Crippen LogP contribution in [-0.4, -0.2) is 12.6 Å². The number of carbonyl (C=O) groups is 1. The van der Waals surface area contributed by atoms with Crippen molar-refractivity contribution in [1.82, 2.24) is 0 Å². The van der Waals surface area contributed by atoms with E-state index in [0.717, 1.165) is 12.8 Å². The van der Waals surface area contributed by atoms with E-state index in [9.17, 15) is 4.79 Å². The highest BCUT2D eigenvalue weighted by Crippen LogP contribution is 2.15. The lowest BCUT2D eigenvalue weighted by Gasteiger charge is -2.17. The largest absolute Gasteiger partial charge is 0.465 e. The maximum atomic E-state index is 11.5. The predicted octanol–water partition coefficient (Wildman–Crippen LogP) is 6.87. The van der Waals surface area contributed by atoms with Gasteiger partial charge >= 0.3 is 5.97 Å². The summed E-state index contributed by atoms with van der Waals surface area (Å²) in [5.41, 5.74) is -0.175. The van der Waals surface area contributed by atoms with Crippen LogP contribution >= 0.6 is 0 Å². The van der Waals surface area contributed by atoms with Gasteiger partial charge in [0.1, 0.15) is 0 Å². The molecule has 0 aliphatic heterocycles. The lowest BCUT2D eigenvalue weighted by atomic mass is 9.99. The number of hydrogen-bond acceptors (Lipinski definition) is 2. The number of rotatable bonds is 16. The summed E-state index contributed by atoms with van der Waals surface area (Å²) in [5.74, 6) is -0.0650. The van der Waals surface area contributed by atoms with E-state index in [1.807, 2.05) is 13.8 Å². The molecule has 0 saturated heterocycles. The zero-order valence-corrected chi connectivity index (χ0v) is 16.1. The molecule has 1 radical (unpaired) electrons. The Balaban J connectivity index is 3.17. The highest BCUT2D eigenvalue weighted by molar-refractivity contribution is 5.69. The molecule has 0 aromatic rings. The second kappa shape index (κ2) is 15.0. The molecule has 0 spiro atoms. The smallest absolute Gasteiger partial charge is 0.305 e. The Morgan fingerprint density at radius 3 is 1.57 bits per heavy atom. The maximum Gasteiger partial charge on any atom is 0.305 e. The van der Waals surface area contributed by atoms with Gasteiger partial charge in [0.25, 0.3) is 0 Å². The third-order valence-electron chi connectivity index (χ3n) is 4.11. The molecule has 0 fully saturated rings. The molecule has 0 saturated carbocycles. The van der Waals surface area contributed by atoms with E-state index in [1.54, 1.807) is 0 Å². The first-order valence-electron chi connectivity index (χ1n) is 9.96. The van der Waals surface area contributed by atoms with Crippen LogP contribution in [0.3, 0.4) is 0 Å². The highest BCUT2D eigenvalue weighted by Gasteiger charge is 2.13. The minimum absolute atomic E-state index is 0.0650. The van der Waals surface area contributed by atoms with Gasteiger partial charge in [-0.25, -0.2) is 0 Å². The van der Waals surface area contributed by atoms with Gasteiger partial charge in [0.05, 0.1) is 6.61 Å². The standard InChI is InChI=1S/C21H41O2/c1-5-6-7-8-9-10-11-12-13-14-15-16-17-18-20(22)23-19-21(2,3)4/h2,5-19H2,1,3-4H3. The van der Waals surface area contributed by atoms with Crippen LogP contribution in [0, 0.1) is 12.3 Å². The summed E-state index contributed by atoms with van der Waals surface area (Å²) in [7, 11) is 0. The molecule has 0 aromatic heterocycles. The second-order valence-electron chi connectivity index (χ2n) is 7.82. The van der Waals surface area contributed by atoms with Gasteiger partial charge in [0.2, 0.25) is 0 Å². The summed E-state index contributed by atoms with van der Waals surface area (Å²) >= 11 is 0. The third kappa shape index (κ3) is 19.4. The summed E-state index contributed by atoms with van der Waals surface area (Å²) in [5, 5.41) is 0. The minimum Gasteiger partial charge on any atom is -0.465 e. The molecule has 0 aliphatic rings. The van der Waals surface area contributed by atoms with E-state index in [2.05, 4.69) is 13.8 Å². The average Bonchev–Trinajstić information content (AvgIpc) is 2.49. The van der Waals surface area contributed by atoms with E-state index in [4.69, 9.17) is 4.74 Å². The molecular formula is C21H41O2. The van der Waals surface area contributed by atoms with E-state index >= 15 is 0 Å². The fraction of sp³-hybridized carbons (Fsp3) is 0.905. The molecule has 2 heteroatoms. The Morgan fingerprint density at radius 1 is 0.783 bits per heavy atom. The van der Waals surface area contributed by atoms with Gasteiger partial charge < -0.3 is 4.74 Å². The van der Waals surface area contributed by atoms with Crippen molar-refractivity contribution in [3.05, 3.63) is 6.92 Å². The van der Waals surface area contributed by atoms with Gasteiger partial charge in [0, 0.05) is 6.42 Å². The summed E-state index contributed by atoms with van der Waals surface area (Å²) in [6.07, 6.45) is 17.8. The Bertz CT molecular complexity index is 266. The van der Waals surface area contributed by atoms with Gasteiger partial charge in [-0.15, -0.1) is 0 Å². The summed E-state index contributed by atoms with van der Waals surface area (Å²) in [6, 6.07) is 0. The first-order chi connectivity index (χ1) is 11.0. The Labute approximate surface area is 145 Å². The molecule has 0 rings (SSSR count). The zero-order chi connectivity index (χ0) is 17.4. The molecule has 0 N–H and O–H groups in total. The molecule has 0 bridgehead atoms. The van der Waals surface area contributed by atoms with E-state index < -0.39 is 0 Å². The third-order valence-corrected chi connectivity index (χ3v) is 4.11. The summed E-state index contributed by atoms with van der Waals surface area (Å²) < 4.78 is 5.21. The highest BCUT2D eigenvalue weighted by atomic mass is 16.5. The quantitative estimate of drug-likeness (QED) is 0.228. The number of carbonyl (C=O) groups excluding carboxylic acids is 1. The van der Waals surface area contributed by atoms with Gasteiger partial charge in [-0.2, -0.15) is 0 Å². The van der Waals surface area contributed by atoms with Crippen molar-refractivity contribution in [2.24, 2.45) is 5.41 Å². The topological polar surface area (TPSA) is 26.3 Å². The van der Waals surface area contributed by atoms with E-state index in [1.165, 1.54) is 70.6 Å². The van der Waals surface area contributed by atoms with Crippen LogP contribution in [0.15, 0.2) is 0 Å². The Hall–Kier alpha value is -0.530. The molecule has 137 valence electrons. The predicted molar refractivity (Wildman–Crippen MR) is 100 cm³/mol. The van der Waals surface area contributed by atoms with Gasteiger partial charge in [0.15, 0.2) is 0 Å². The van der Waals surface area contributed by atoms with Gasteiger partial charge in [-0.3, -0.25) is 4.79 Å². The first kappa shape index (κ1) is 22.5. The second-order valence-corrected chi connectivity index (χ2v) is 7.82. The van der Waals surface area contributed by atoms with Crippen molar-refractivity contribution in [2.45, 2.75) is 111 Å². The molecule has 0 aliphatic carbocycles. The van der Waals surface area contributed by atoms with Gasteiger partial charge in [-0.05, 0) is 18.8 Å². The average molecular weight is 326 g/mol. The van der Waals surface area contributed by atoms with E-state index in [-0.39, 0.29) is 11.4 Å². The number of hydrogen-bond donors (Lipinski definition) is 0. The Kier molecular flexibility index (Phi) is 14.7. The molecule has 23 heavy (non-hydrogen) atoms. The summed E-state index contributed by atoms with van der Waals surface area (Å²) in [4.78, 5) is 11.5. The molecule has 0 atom stereocenters. The fourth-order valence-electron chi connectivity index (χ4n) is 2.64. The molecule has 0 unspecified atom stereocenters. The van der Waals surface area contributed by atoms with Crippen molar-refractivity contribution in [1.29, 1.82) is 0 Å².